The van der Waals surface area contributed by atoms with E-state index in [1.165, 1.54) is 6.08 Å². The Labute approximate surface area is 139 Å². The van der Waals surface area contributed by atoms with Gasteiger partial charge in [-0.25, -0.2) is 4.79 Å². The summed E-state index contributed by atoms with van der Waals surface area (Å²) >= 11 is 5.89. The van der Waals surface area contributed by atoms with E-state index in [0.29, 0.717) is 16.3 Å². The van der Waals surface area contributed by atoms with Crippen molar-refractivity contribution < 1.29 is 14.3 Å². The molecule has 0 aliphatic heterocycles. The van der Waals surface area contributed by atoms with Crippen molar-refractivity contribution in [3.05, 3.63) is 70.8 Å². The molecule has 23 heavy (non-hydrogen) atoms. The average molecular weight is 330 g/mol. The highest BCUT2D eigenvalue weighted by atomic mass is 35.5. The van der Waals surface area contributed by atoms with Crippen LogP contribution in [0, 0.1) is 0 Å². The number of ether oxygens (including phenoxy) is 1. The molecule has 0 saturated heterocycles. The lowest BCUT2D eigenvalue weighted by Gasteiger charge is -2.08. The molecule has 0 unspecified atom stereocenters. The van der Waals surface area contributed by atoms with Gasteiger partial charge >= 0.3 is 5.97 Å². The fraction of sp³-hybridized carbons (Fsp3) is 0.111. The maximum absolute atomic E-state index is 12.0. The van der Waals surface area contributed by atoms with E-state index in [4.69, 9.17) is 16.3 Å². The van der Waals surface area contributed by atoms with E-state index in [1.807, 2.05) is 6.07 Å². The largest absolute Gasteiger partial charge is 0.462 e. The highest BCUT2D eigenvalue weighted by Gasteiger charge is 2.12. The predicted molar refractivity (Wildman–Crippen MR) is 91.5 cm³/mol. The van der Waals surface area contributed by atoms with Gasteiger partial charge in [0.15, 0.2) is 0 Å². The summed E-state index contributed by atoms with van der Waals surface area (Å²) in [6.45, 7) is 2.00. The van der Waals surface area contributed by atoms with Crippen LogP contribution in [0.3, 0.4) is 0 Å². The summed E-state index contributed by atoms with van der Waals surface area (Å²) in [6, 6.07) is 13.8. The quantitative estimate of drug-likeness (QED) is 0.661. The van der Waals surface area contributed by atoms with Crippen molar-refractivity contribution in [3.63, 3.8) is 0 Å². The molecule has 5 heteroatoms. The first-order valence-corrected chi connectivity index (χ1v) is 7.48. The molecule has 0 spiro atoms. The highest BCUT2D eigenvalue weighted by molar-refractivity contribution is 6.30. The van der Waals surface area contributed by atoms with Crippen molar-refractivity contribution >= 4 is 35.2 Å². The SMILES string of the molecule is CCOC(=O)c1ccccc1NC(=O)C=Cc1cccc(Cl)c1. The van der Waals surface area contributed by atoms with Gasteiger partial charge in [0.25, 0.3) is 0 Å². The molecule has 0 heterocycles. The fourth-order valence-electron chi connectivity index (χ4n) is 1.94. The van der Waals surface area contributed by atoms with Gasteiger partial charge in [0.1, 0.15) is 0 Å². The van der Waals surface area contributed by atoms with Crippen LogP contribution in [0.15, 0.2) is 54.6 Å². The van der Waals surface area contributed by atoms with E-state index in [9.17, 15) is 9.59 Å². The second-order valence-corrected chi connectivity index (χ2v) is 5.08. The molecule has 2 aromatic carbocycles. The standard InChI is InChI=1S/C18H16ClNO3/c1-2-23-18(22)15-8-3-4-9-16(15)20-17(21)11-10-13-6-5-7-14(19)12-13/h3-12H,2H2,1H3,(H,20,21). The third-order valence-electron chi connectivity index (χ3n) is 2.96. The number of halogens is 1. The molecule has 0 aromatic heterocycles. The molecule has 0 radical (unpaired) electrons. The van der Waals surface area contributed by atoms with Crippen LogP contribution >= 0.6 is 11.6 Å². The Morgan fingerprint density at radius 3 is 2.70 bits per heavy atom. The molecule has 1 N–H and O–H groups in total. The normalized spacial score (nSPS) is 10.5. The summed E-state index contributed by atoms with van der Waals surface area (Å²) in [5, 5.41) is 3.27. The first kappa shape index (κ1) is 16.8. The third-order valence-corrected chi connectivity index (χ3v) is 3.19. The maximum atomic E-state index is 12.0. The molecule has 0 fully saturated rings. The Hall–Kier alpha value is -2.59. The number of para-hydroxylation sites is 1. The van der Waals surface area contributed by atoms with Gasteiger partial charge in [0.05, 0.1) is 17.9 Å². The lowest BCUT2D eigenvalue weighted by molar-refractivity contribution is -0.111. The van der Waals surface area contributed by atoms with Crippen LogP contribution < -0.4 is 5.32 Å². The van der Waals surface area contributed by atoms with E-state index in [0.717, 1.165) is 5.56 Å². The Morgan fingerprint density at radius 1 is 1.17 bits per heavy atom. The number of carbonyl (C=O) groups excluding carboxylic acids is 2. The van der Waals surface area contributed by atoms with Crippen molar-refractivity contribution in [1.29, 1.82) is 0 Å². The van der Waals surface area contributed by atoms with Crippen molar-refractivity contribution in [2.75, 3.05) is 11.9 Å². The maximum Gasteiger partial charge on any atom is 0.340 e. The van der Waals surface area contributed by atoms with Crippen molar-refractivity contribution in [3.8, 4) is 0 Å². The Morgan fingerprint density at radius 2 is 1.96 bits per heavy atom. The summed E-state index contributed by atoms with van der Waals surface area (Å²) < 4.78 is 4.97. The second-order valence-electron chi connectivity index (χ2n) is 4.64. The topological polar surface area (TPSA) is 55.4 Å². The van der Waals surface area contributed by atoms with Gasteiger partial charge in [-0.15, -0.1) is 0 Å². The number of amides is 1. The summed E-state index contributed by atoms with van der Waals surface area (Å²) in [5.41, 5.74) is 1.54. The van der Waals surface area contributed by atoms with E-state index >= 15 is 0 Å². The molecular weight excluding hydrogens is 314 g/mol. The zero-order valence-corrected chi connectivity index (χ0v) is 13.3. The van der Waals surface area contributed by atoms with Crippen molar-refractivity contribution in [2.45, 2.75) is 6.92 Å². The van der Waals surface area contributed by atoms with Gasteiger partial charge in [-0.05, 0) is 42.8 Å². The molecule has 2 aromatic rings. The zero-order valence-electron chi connectivity index (χ0n) is 12.6. The van der Waals surface area contributed by atoms with Crippen molar-refractivity contribution in [2.24, 2.45) is 0 Å². The molecule has 0 saturated carbocycles. The lowest BCUT2D eigenvalue weighted by atomic mass is 10.1. The van der Waals surface area contributed by atoms with Crippen LogP contribution in [0.2, 0.25) is 5.02 Å². The predicted octanol–water partition coefficient (Wildman–Crippen LogP) is 4.17. The number of hydrogen-bond acceptors (Lipinski definition) is 3. The van der Waals surface area contributed by atoms with Gasteiger partial charge in [-0.1, -0.05) is 35.9 Å². The van der Waals surface area contributed by atoms with Crippen LogP contribution in [0.5, 0.6) is 0 Å². The molecule has 0 aliphatic carbocycles. The number of carbonyl (C=O) groups is 2. The highest BCUT2D eigenvalue weighted by Crippen LogP contribution is 2.17. The van der Waals surface area contributed by atoms with Crippen LogP contribution in [-0.4, -0.2) is 18.5 Å². The first-order chi connectivity index (χ1) is 11.1. The average Bonchev–Trinajstić information content (AvgIpc) is 2.54. The zero-order chi connectivity index (χ0) is 16.7. The minimum atomic E-state index is -0.470. The summed E-state index contributed by atoms with van der Waals surface area (Å²) in [5.74, 6) is -0.816. The summed E-state index contributed by atoms with van der Waals surface area (Å²) in [6.07, 6.45) is 3.03. The Balaban J connectivity index is 2.10. The number of anilines is 1. The summed E-state index contributed by atoms with van der Waals surface area (Å²) in [4.78, 5) is 23.9. The van der Waals surface area contributed by atoms with Gasteiger partial charge in [-0.2, -0.15) is 0 Å². The number of esters is 1. The number of nitrogens with one attached hydrogen (secondary N) is 1. The van der Waals surface area contributed by atoms with Crippen LogP contribution in [-0.2, 0) is 9.53 Å². The molecule has 0 bridgehead atoms. The van der Waals surface area contributed by atoms with Gasteiger partial charge in [0, 0.05) is 11.1 Å². The molecule has 0 atom stereocenters. The number of rotatable bonds is 5. The van der Waals surface area contributed by atoms with Crippen LogP contribution in [0.25, 0.3) is 6.08 Å². The van der Waals surface area contributed by atoms with Gasteiger partial charge in [0.2, 0.25) is 5.91 Å². The van der Waals surface area contributed by atoms with Gasteiger partial charge < -0.3 is 10.1 Å². The molecule has 4 nitrogen and oxygen atoms in total. The van der Waals surface area contributed by atoms with E-state index in [-0.39, 0.29) is 12.5 Å². The second kappa shape index (κ2) is 8.15. The first-order valence-electron chi connectivity index (χ1n) is 7.11. The van der Waals surface area contributed by atoms with E-state index in [2.05, 4.69) is 5.32 Å². The van der Waals surface area contributed by atoms with E-state index < -0.39 is 5.97 Å². The smallest absolute Gasteiger partial charge is 0.340 e. The van der Waals surface area contributed by atoms with Crippen LogP contribution in [0.1, 0.15) is 22.8 Å². The molecule has 0 aliphatic rings. The Bertz CT molecular complexity index is 741. The monoisotopic (exact) mass is 329 g/mol. The number of benzene rings is 2. The van der Waals surface area contributed by atoms with E-state index in [1.54, 1.807) is 55.5 Å². The van der Waals surface area contributed by atoms with Crippen LogP contribution in [0.4, 0.5) is 5.69 Å². The summed E-state index contributed by atoms with van der Waals surface area (Å²) in [7, 11) is 0. The van der Waals surface area contributed by atoms with Crippen molar-refractivity contribution in [1.82, 2.24) is 0 Å². The number of hydrogen-bond donors (Lipinski definition) is 1. The molecule has 118 valence electrons. The minimum Gasteiger partial charge on any atom is -0.462 e. The van der Waals surface area contributed by atoms with Gasteiger partial charge in [-0.3, -0.25) is 4.79 Å². The molecular formula is C18H16ClNO3. The minimum absolute atomic E-state index is 0.274. The lowest BCUT2D eigenvalue weighted by Crippen LogP contribution is -2.13. The molecule has 2 rings (SSSR count). The Kier molecular flexibility index (Phi) is 5.94. The third kappa shape index (κ3) is 4.97. The fourth-order valence-corrected chi connectivity index (χ4v) is 2.13. The molecule has 1 amide bonds.